The Morgan fingerprint density at radius 1 is 1.75 bits per heavy atom. The van der Waals surface area contributed by atoms with Crippen molar-refractivity contribution < 1.29 is 9.90 Å². The van der Waals surface area contributed by atoms with Gasteiger partial charge in [-0.3, -0.25) is 5.10 Å². The van der Waals surface area contributed by atoms with Gasteiger partial charge in [-0.2, -0.15) is 5.10 Å². The van der Waals surface area contributed by atoms with Gasteiger partial charge >= 0.3 is 5.97 Å². The Balaban J connectivity index is 0.00000121. The zero-order valence-electron chi connectivity index (χ0n) is 6.44. The fraction of sp³-hybridized carbons (Fsp3) is 0.143. The third-order valence-corrected chi connectivity index (χ3v) is 1.27. The highest BCUT2D eigenvalue weighted by molar-refractivity contribution is 5.85. The van der Waals surface area contributed by atoms with Crippen LogP contribution in [0.1, 0.15) is 11.3 Å². The number of rotatable bonds is 2. The van der Waals surface area contributed by atoms with Gasteiger partial charge in [0.15, 0.2) is 0 Å². The average molecular weight is 189 g/mol. The highest BCUT2D eigenvalue weighted by atomic mass is 35.5. The summed E-state index contributed by atoms with van der Waals surface area (Å²) >= 11 is 0. The summed E-state index contributed by atoms with van der Waals surface area (Å²) in [7, 11) is 0. The van der Waals surface area contributed by atoms with Crippen LogP contribution in [-0.4, -0.2) is 21.3 Å². The SMILES string of the molecule is Cc1[nH]ncc1/C=C/C(=O)O.Cl. The lowest BCUT2D eigenvalue weighted by Gasteiger charge is -1.84. The Labute approximate surface area is 75.7 Å². The Bertz CT molecular complexity index is 293. The second-order valence-electron chi connectivity index (χ2n) is 2.12. The zero-order valence-corrected chi connectivity index (χ0v) is 7.26. The van der Waals surface area contributed by atoms with E-state index < -0.39 is 5.97 Å². The quantitative estimate of drug-likeness (QED) is 0.687. The number of hydrogen-bond acceptors (Lipinski definition) is 2. The molecule has 0 radical (unpaired) electrons. The molecule has 0 atom stereocenters. The molecule has 0 aliphatic carbocycles. The number of carbonyl (C=O) groups is 1. The molecule has 0 spiro atoms. The number of halogens is 1. The van der Waals surface area contributed by atoms with Crippen LogP contribution in [-0.2, 0) is 4.79 Å². The molecule has 0 aliphatic heterocycles. The molecule has 2 N–H and O–H groups in total. The third-order valence-electron chi connectivity index (χ3n) is 1.27. The summed E-state index contributed by atoms with van der Waals surface area (Å²) in [6.07, 6.45) is 4.16. The lowest BCUT2D eigenvalue weighted by Crippen LogP contribution is -1.85. The van der Waals surface area contributed by atoms with Gasteiger partial charge in [-0.05, 0) is 13.0 Å². The molecule has 0 fully saturated rings. The number of aromatic amines is 1. The Morgan fingerprint density at radius 2 is 2.42 bits per heavy atom. The summed E-state index contributed by atoms with van der Waals surface area (Å²) in [6, 6.07) is 0. The Morgan fingerprint density at radius 3 is 2.83 bits per heavy atom. The molecule has 1 aromatic heterocycles. The normalized spacial score (nSPS) is 9.75. The first-order valence-electron chi connectivity index (χ1n) is 3.11. The first kappa shape index (κ1) is 10.7. The standard InChI is InChI=1S/C7H8N2O2.ClH/c1-5-6(4-8-9-5)2-3-7(10)11;/h2-4H,1H3,(H,8,9)(H,10,11);1H/b3-2+;. The maximum Gasteiger partial charge on any atom is 0.328 e. The van der Waals surface area contributed by atoms with Gasteiger partial charge in [0.05, 0.1) is 6.20 Å². The molecule has 0 saturated carbocycles. The van der Waals surface area contributed by atoms with E-state index >= 15 is 0 Å². The third kappa shape index (κ3) is 2.75. The van der Waals surface area contributed by atoms with Crippen LogP contribution in [0.25, 0.3) is 6.08 Å². The van der Waals surface area contributed by atoms with Gasteiger partial charge in [0.1, 0.15) is 0 Å². The summed E-state index contributed by atoms with van der Waals surface area (Å²) in [4.78, 5) is 10.1. The molecule has 12 heavy (non-hydrogen) atoms. The predicted molar refractivity (Wildman–Crippen MR) is 47.2 cm³/mol. The fourth-order valence-corrected chi connectivity index (χ4v) is 0.689. The molecule has 0 amide bonds. The number of hydrogen-bond donors (Lipinski definition) is 2. The van der Waals surface area contributed by atoms with Crippen molar-refractivity contribution in [2.45, 2.75) is 6.92 Å². The number of nitrogens with one attached hydrogen (secondary N) is 1. The first-order chi connectivity index (χ1) is 5.20. The molecule has 4 nitrogen and oxygen atoms in total. The number of H-pyrrole nitrogens is 1. The minimum absolute atomic E-state index is 0. The number of aliphatic carboxylic acids is 1. The van der Waals surface area contributed by atoms with E-state index in [1.807, 2.05) is 6.92 Å². The Kier molecular flexibility index (Phi) is 4.07. The minimum Gasteiger partial charge on any atom is -0.478 e. The maximum absolute atomic E-state index is 10.1. The van der Waals surface area contributed by atoms with Crippen LogP contribution in [0, 0.1) is 6.92 Å². The smallest absolute Gasteiger partial charge is 0.328 e. The number of carboxylic acids is 1. The second kappa shape index (κ2) is 4.56. The zero-order chi connectivity index (χ0) is 8.27. The van der Waals surface area contributed by atoms with Gasteiger partial charge in [0.2, 0.25) is 0 Å². The molecule has 66 valence electrons. The maximum atomic E-state index is 10.1. The molecule has 1 aromatic rings. The molecule has 1 heterocycles. The van der Waals surface area contributed by atoms with Crippen LogP contribution in [0.4, 0.5) is 0 Å². The van der Waals surface area contributed by atoms with E-state index in [4.69, 9.17) is 5.11 Å². The van der Waals surface area contributed by atoms with Crippen LogP contribution >= 0.6 is 12.4 Å². The van der Waals surface area contributed by atoms with Gasteiger partial charge in [-0.1, -0.05) is 0 Å². The molecule has 0 saturated heterocycles. The molecule has 1 rings (SSSR count). The van der Waals surface area contributed by atoms with Crippen molar-refractivity contribution in [2.24, 2.45) is 0 Å². The van der Waals surface area contributed by atoms with E-state index in [0.29, 0.717) is 0 Å². The van der Waals surface area contributed by atoms with Crippen LogP contribution in [0.15, 0.2) is 12.3 Å². The molecule has 0 bridgehead atoms. The van der Waals surface area contributed by atoms with E-state index in [2.05, 4.69) is 10.2 Å². The van der Waals surface area contributed by atoms with Crippen molar-refractivity contribution in [1.82, 2.24) is 10.2 Å². The van der Waals surface area contributed by atoms with E-state index in [-0.39, 0.29) is 12.4 Å². The highest BCUT2D eigenvalue weighted by Gasteiger charge is 1.94. The van der Waals surface area contributed by atoms with Crippen LogP contribution in [0.5, 0.6) is 0 Å². The summed E-state index contributed by atoms with van der Waals surface area (Å²) in [5.41, 5.74) is 1.66. The summed E-state index contributed by atoms with van der Waals surface area (Å²) in [5, 5.41) is 14.7. The monoisotopic (exact) mass is 188 g/mol. The molecular weight excluding hydrogens is 180 g/mol. The van der Waals surface area contributed by atoms with E-state index in [1.54, 1.807) is 6.20 Å². The number of carboxylic acid groups (broad SMARTS) is 1. The second-order valence-corrected chi connectivity index (χ2v) is 2.12. The summed E-state index contributed by atoms with van der Waals surface area (Å²) < 4.78 is 0. The molecule has 0 unspecified atom stereocenters. The first-order valence-corrected chi connectivity index (χ1v) is 3.11. The van der Waals surface area contributed by atoms with Gasteiger partial charge in [0.25, 0.3) is 0 Å². The van der Waals surface area contributed by atoms with Gasteiger partial charge in [-0.15, -0.1) is 12.4 Å². The van der Waals surface area contributed by atoms with E-state index in [0.717, 1.165) is 17.3 Å². The van der Waals surface area contributed by atoms with Crippen molar-refractivity contribution in [3.63, 3.8) is 0 Å². The Hall–Kier alpha value is -1.29. The minimum atomic E-state index is -0.953. The van der Waals surface area contributed by atoms with Crippen LogP contribution in [0.3, 0.4) is 0 Å². The predicted octanol–water partition coefficient (Wildman–Crippen LogP) is 1.24. The number of nitrogens with zero attached hydrogens (tertiary/aromatic N) is 1. The van der Waals surface area contributed by atoms with E-state index in [9.17, 15) is 4.79 Å². The lowest BCUT2D eigenvalue weighted by molar-refractivity contribution is -0.131. The van der Waals surface area contributed by atoms with Crippen molar-refractivity contribution in [1.29, 1.82) is 0 Å². The van der Waals surface area contributed by atoms with Crippen LogP contribution in [0.2, 0.25) is 0 Å². The highest BCUT2D eigenvalue weighted by Crippen LogP contribution is 2.03. The molecular formula is C7H9ClN2O2. The van der Waals surface area contributed by atoms with Gasteiger partial charge < -0.3 is 5.11 Å². The average Bonchev–Trinajstić information content (AvgIpc) is 2.31. The molecule has 5 heteroatoms. The fourth-order valence-electron chi connectivity index (χ4n) is 0.689. The van der Waals surface area contributed by atoms with E-state index in [1.165, 1.54) is 6.08 Å². The van der Waals surface area contributed by atoms with Crippen molar-refractivity contribution >= 4 is 24.5 Å². The topological polar surface area (TPSA) is 66.0 Å². The number of aryl methyl sites for hydroxylation is 1. The van der Waals surface area contributed by atoms with Crippen molar-refractivity contribution in [3.05, 3.63) is 23.5 Å². The van der Waals surface area contributed by atoms with Gasteiger partial charge in [0, 0.05) is 17.3 Å². The summed E-state index contributed by atoms with van der Waals surface area (Å²) in [6.45, 7) is 1.83. The molecule has 0 aromatic carbocycles. The van der Waals surface area contributed by atoms with Crippen molar-refractivity contribution in [3.8, 4) is 0 Å². The summed E-state index contributed by atoms with van der Waals surface area (Å²) in [5.74, 6) is -0.953. The molecule has 0 aliphatic rings. The van der Waals surface area contributed by atoms with Gasteiger partial charge in [-0.25, -0.2) is 4.79 Å². The van der Waals surface area contributed by atoms with Crippen molar-refractivity contribution in [2.75, 3.05) is 0 Å². The number of aromatic nitrogens is 2. The largest absolute Gasteiger partial charge is 0.478 e. The lowest BCUT2D eigenvalue weighted by atomic mass is 10.2. The van der Waals surface area contributed by atoms with Crippen LogP contribution < -0.4 is 0 Å².